The number of nitrogens with one attached hydrogen (secondary N) is 1. The molecule has 0 radical (unpaired) electrons. The summed E-state index contributed by atoms with van der Waals surface area (Å²) in [5.41, 5.74) is 2.35. The number of rotatable bonds is 8. The van der Waals surface area contributed by atoms with Crippen molar-refractivity contribution in [2.45, 2.75) is 50.1 Å². The van der Waals surface area contributed by atoms with Gasteiger partial charge in [0.1, 0.15) is 29.3 Å². The Balaban J connectivity index is 1.40. The van der Waals surface area contributed by atoms with E-state index < -0.39 is 41.7 Å². The van der Waals surface area contributed by atoms with Crippen LogP contribution in [-0.4, -0.2) is 46.4 Å². The summed E-state index contributed by atoms with van der Waals surface area (Å²) in [5.74, 6) is -1.43. The van der Waals surface area contributed by atoms with Crippen LogP contribution in [0.5, 0.6) is 11.5 Å². The maximum atomic E-state index is 16.1. The lowest BCUT2D eigenvalue weighted by Crippen LogP contribution is -2.49. The molecule has 0 saturated heterocycles. The minimum atomic E-state index is -3.17. The van der Waals surface area contributed by atoms with Gasteiger partial charge in [0.25, 0.3) is 5.91 Å². The average molecular weight is 631 g/mol. The van der Waals surface area contributed by atoms with Crippen LogP contribution in [0, 0.1) is 12.7 Å². The fourth-order valence-electron chi connectivity index (χ4n) is 5.43. The third-order valence-electron chi connectivity index (χ3n) is 8.01. The van der Waals surface area contributed by atoms with E-state index in [1.165, 1.54) is 30.5 Å². The topological polar surface area (TPSA) is 120 Å². The van der Waals surface area contributed by atoms with E-state index in [1.807, 2.05) is 0 Å². The van der Waals surface area contributed by atoms with E-state index in [1.54, 1.807) is 19.9 Å². The summed E-state index contributed by atoms with van der Waals surface area (Å²) in [4.78, 5) is 22.1. The average Bonchev–Trinajstić information content (AvgIpc) is 3.64. The number of pyridine rings is 2. The van der Waals surface area contributed by atoms with E-state index in [0.717, 1.165) is 17.7 Å². The molecular formula is C31H27ClF4N4O4. The quantitative estimate of drug-likeness (QED) is 0.214. The van der Waals surface area contributed by atoms with Crippen molar-refractivity contribution >= 4 is 28.4 Å². The number of aliphatic hydroxyl groups is 1. The highest BCUT2D eigenvalue weighted by Crippen LogP contribution is 2.54. The van der Waals surface area contributed by atoms with Crippen LogP contribution in [0.2, 0.25) is 5.02 Å². The Morgan fingerprint density at radius 1 is 1.25 bits per heavy atom. The number of nitrogens with two attached hydrogens (primary N) is 1. The number of aromatic nitrogens is 2. The molecule has 1 fully saturated rings. The van der Waals surface area contributed by atoms with Gasteiger partial charge in [-0.15, -0.1) is 0 Å². The van der Waals surface area contributed by atoms with Crippen molar-refractivity contribution in [1.29, 1.82) is 0 Å². The van der Waals surface area contributed by atoms with Gasteiger partial charge in [-0.1, -0.05) is 11.6 Å². The zero-order chi connectivity index (χ0) is 31.6. The number of aryl methyl sites for hydroxylation is 1. The van der Waals surface area contributed by atoms with Crippen LogP contribution >= 0.6 is 11.6 Å². The van der Waals surface area contributed by atoms with Crippen LogP contribution in [0.1, 0.15) is 46.9 Å². The third kappa shape index (κ3) is 5.20. The van der Waals surface area contributed by atoms with Crippen molar-refractivity contribution in [3.8, 4) is 22.8 Å². The molecule has 6 rings (SSSR count). The SMILES string of the molecule is Cc1cnc2c(OC(F)F)cc(C(=O)NC[C@](O)(c3cc4c(c(-c5ccc(F)cc5Cl)n3)OC[C@]4(C)N)C3(F)CC3)cc2c1. The standard InChI is InChI=1S/C31H27ClF4N4O4/c1-15-7-16-8-17(9-22(44-28(34)35)24(16)38-12-15)27(41)39-13-31(42,30(36)5-6-30)23-11-20-26(43-14-29(20,2)37)25(40-23)19-4-3-18(33)10-21(19)32/h3-4,7-12,28,42H,5-6,13-14,37H2,1-2H3,(H,39,41)/t29-,31-/m0/s1. The van der Waals surface area contributed by atoms with Crippen LogP contribution in [0.15, 0.2) is 48.7 Å². The molecule has 2 aliphatic rings. The fourth-order valence-corrected chi connectivity index (χ4v) is 5.69. The first-order chi connectivity index (χ1) is 20.7. The molecule has 1 aliphatic carbocycles. The molecule has 4 N–H and O–H groups in total. The first kappa shape index (κ1) is 30.0. The Morgan fingerprint density at radius 3 is 2.68 bits per heavy atom. The number of ether oxygens (including phenoxy) is 2. The lowest BCUT2D eigenvalue weighted by molar-refractivity contribution is -0.0566. The number of halogens is 5. The number of benzene rings is 2. The smallest absolute Gasteiger partial charge is 0.387 e. The minimum absolute atomic E-state index is 0.00662. The van der Waals surface area contributed by atoms with Crippen molar-refractivity contribution in [1.82, 2.24) is 15.3 Å². The zero-order valence-corrected chi connectivity index (χ0v) is 24.3. The maximum absolute atomic E-state index is 16.1. The van der Waals surface area contributed by atoms with Crippen LogP contribution in [0.25, 0.3) is 22.2 Å². The lowest BCUT2D eigenvalue weighted by atomic mass is 9.86. The molecule has 8 nitrogen and oxygen atoms in total. The molecule has 13 heteroatoms. The van der Waals surface area contributed by atoms with Gasteiger partial charge in [-0.2, -0.15) is 8.78 Å². The predicted octanol–water partition coefficient (Wildman–Crippen LogP) is 5.69. The van der Waals surface area contributed by atoms with E-state index in [4.69, 9.17) is 22.1 Å². The van der Waals surface area contributed by atoms with Crippen LogP contribution < -0.4 is 20.5 Å². The number of alkyl halides is 3. The summed E-state index contributed by atoms with van der Waals surface area (Å²) in [7, 11) is 0. The van der Waals surface area contributed by atoms with Crippen molar-refractivity contribution in [2.75, 3.05) is 13.2 Å². The highest BCUT2D eigenvalue weighted by Gasteiger charge is 2.62. The van der Waals surface area contributed by atoms with E-state index >= 15 is 4.39 Å². The minimum Gasteiger partial charge on any atom is -0.489 e. The molecule has 3 heterocycles. The summed E-state index contributed by atoms with van der Waals surface area (Å²) in [6, 6.07) is 9.28. The Labute approximate surface area is 254 Å². The molecule has 0 unspecified atom stereocenters. The summed E-state index contributed by atoms with van der Waals surface area (Å²) in [6.07, 6.45) is 1.44. The third-order valence-corrected chi connectivity index (χ3v) is 8.33. The second-order valence-corrected chi connectivity index (χ2v) is 11.9. The monoisotopic (exact) mass is 630 g/mol. The van der Waals surface area contributed by atoms with E-state index in [0.29, 0.717) is 10.9 Å². The molecule has 4 aromatic rings. The number of carbonyl (C=O) groups is 1. The molecule has 2 aromatic heterocycles. The van der Waals surface area contributed by atoms with E-state index in [2.05, 4.69) is 20.0 Å². The van der Waals surface area contributed by atoms with Gasteiger partial charge in [0.15, 0.2) is 17.1 Å². The van der Waals surface area contributed by atoms with Crippen LogP contribution in [-0.2, 0) is 11.1 Å². The van der Waals surface area contributed by atoms with Gasteiger partial charge in [0.05, 0.1) is 22.8 Å². The second-order valence-electron chi connectivity index (χ2n) is 11.5. The summed E-state index contributed by atoms with van der Waals surface area (Å²) in [5, 5.41) is 14.9. The molecule has 230 valence electrons. The summed E-state index contributed by atoms with van der Waals surface area (Å²) in [6.45, 7) is -0.316. The summed E-state index contributed by atoms with van der Waals surface area (Å²) >= 11 is 6.35. The fraction of sp³-hybridized carbons (Fsp3) is 0.323. The molecule has 0 spiro atoms. The zero-order valence-electron chi connectivity index (χ0n) is 23.6. The lowest BCUT2D eigenvalue weighted by Gasteiger charge is -2.33. The number of fused-ring (bicyclic) bond motifs is 2. The van der Waals surface area contributed by atoms with E-state index in [9.17, 15) is 23.1 Å². The van der Waals surface area contributed by atoms with Gasteiger partial charge in [0.2, 0.25) is 0 Å². The molecule has 0 bridgehead atoms. The van der Waals surface area contributed by atoms with E-state index in [-0.39, 0.29) is 64.0 Å². The largest absolute Gasteiger partial charge is 0.489 e. The number of nitrogens with zero attached hydrogens (tertiary/aromatic N) is 2. The van der Waals surface area contributed by atoms with Gasteiger partial charge < -0.3 is 25.6 Å². The Bertz CT molecular complexity index is 1820. The molecule has 2 atom stereocenters. The van der Waals surface area contributed by atoms with Crippen molar-refractivity contribution in [3.05, 3.63) is 81.9 Å². The second kappa shape index (κ2) is 10.6. The number of amides is 1. The first-order valence-electron chi connectivity index (χ1n) is 13.7. The first-order valence-corrected chi connectivity index (χ1v) is 14.1. The maximum Gasteiger partial charge on any atom is 0.387 e. The van der Waals surface area contributed by atoms with Gasteiger partial charge in [-0.3, -0.25) is 9.78 Å². The Kier molecular flexibility index (Phi) is 7.22. The Hall–Kier alpha value is -4.00. The number of hydrogen-bond donors (Lipinski definition) is 3. The highest BCUT2D eigenvalue weighted by molar-refractivity contribution is 6.33. The number of carbonyl (C=O) groups excluding carboxylic acids is 1. The predicted molar refractivity (Wildman–Crippen MR) is 154 cm³/mol. The molecule has 2 aromatic carbocycles. The van der Waals surface area contributed by atoms with Crippen molar-refractivity contribution in [2.24, 2.45) is 5.73 Å². The molecule has 1 amide bonds. The normalized spacial score (nSPS) is 19.8. The molecule has 44 heavy (non-hydrogen) atoms. The van der Waals surface area contributed by atoms with Gasteiger partial charge in [-0.05, 0) is 74.7 Å². The Morgan fingerprint density at radius 2 is 2.00 bits per heavy atom. The van der Waals surface area contributed by atoms with Crippen LogP contribution in [0.4, 0.5) is 17.6 Å². The molecule has 1 saturated carbocycles. The van der Waals surface area contributed by atoms with Crippen molar-refractivity contribution in [3.63, 3.8) is 0 Å². The van der Waals surface area contributed by atoms with Gasteiger partial charge >= 0.3 is 6.61 Å². The molecule has 1 aliphatic heterocycles. The van der Waals surface area contributed by atoms with Crippen molar-refractivity contribution < 1.29 is 36.9 Å². The highest BCUT2D eigenvalue weighted by atomic mass is 35.5. The van der Waals surface area contributed by atoms with Crippen LogP contribution in [0.3, 0.4) is 0 Å². The molecular weight excluding hydrogens is 604 g/mol. The summed E-state index contributed by atoms with van der Waals surface area (Å²) < 4.78 is 66.7. The van der Waals surface area contributed by atoms with Gasteiger partial charge in [0, 0.05) is 28.3 Å². The van der Waals surface area contributed by atoms with Gasteiger partial charge in [-0.25, -0.2) is 13.8 Å². The number of hydrogen-bond acceptors (Lipinski definition) is 7.